The zero-order valence-corrected chi connectivity index (χ0v) is 18.7. The molecule has 0 saturated carbocycles. The maximum Gasteiger partial charge on any atom is 0.319 e. The van der Waals surface area contributed by atoms with E-state index >= 15 is 0 Å². The Morgan fingerprint density at radius 2 is 1.91 bits per heavy atom. The fourth-order valence-corrected chi connectivity index (χ4v) is 4.17. The van der Waals surface area contributed by atoms with Gasteiger partial charge in [0.1, 0.15) is 11.8 Å². The highest BCUT2D eigenvalue weighted by atomic mass is 19.3. The fourth-order valence-electron chi connectivity index (χ4n) is 4.17. The Morgan fingerprint density at radius 1 is 1.17 bits per heavy atom. The highest BCUT2D eigenvalue weighted by molar-refractivity contribution is 5.86. The first-order valence-corrected chi connectivity index (χ1v) is 11.0. The van der Waals surface area contributed by atoms with Crippen molar-refractivity contribution in [1.29, 1.82) is 0 Å². The first-order valence-electron chi connectivity index (χ1n) is 11.0. The van der Waals surface area contributed by atoms with Crippen LogP contribution in [0.15, 0.2) is 16.5 Å². The van der Waals surface area contributed by atoms with Crippen molar-refractivity contribution in [2.45, 2.75) is 31.7 Å². The van der Waals surface area contributed by atoms with E-state index in [1.165, 1.54) is 9.42 Å². The van der Waals surface area contributed by atoms with Crippen LogP contribution in [0.4, 0.5) is 29.5 Å². The average molecular weight is 497 g/mol. The fraction of sp³-hybridized carbons (Fsp3) is 0.550. The van der Waals surface area contributed by atoms with E-state index in [0.29, 0.717) is 30.3 Å². The summed E-state index contributed by atoms with van der Waals surface area (Å²) in [6.07, 6.45) is -3.17. The summed E-state index contributed by atoms with van der Waals surface area (Å²) in [5.74, 6) is -2.37. The van der Waals surface area contributed by atoms with E-state index < -0.39 is 24.9 Å². The number of nitrogens with zero attached hydrogens (tertiary/aromatic N) is 8. The monoisotopic (exact) mass is 497 g/mol. The standard InChI is InChI=1S/C20H23F4N9O2/c1-11-2-3-13(35-11)14-26-19-28-18(27-17(25)33(19)29-14)32-5-4-12(32)15(34)31-8-6-30(7-9-31)10-20(23,24)16(21)22/h2-3,12,16H,4-10H2,1H3,(H2,25,26,27,28,29)/t12-/m0/s1. The lowest BCUT2D eigenvalue weighted by molar-refractivity contribution is -0.149. The first-order chi connectivity index (χ1) is 16.6. The number of hydrogen-bond acceptors (Lipinski definition) is 9. The number of rotatable bonds is 6. The molecular formula is C20H23F4N9O2. The molecule has 15 heteroatoms. The molecule has 1 atom stereocenters. The molecule has 1 amide bonds. The Bertz CT molecular complexity index is 1240. The lowest BCUT2D eigenvalue weighted by Gasteiger charge is -2.44. The largest absolute Gasteiger partial charge is 0.458 e. The number of anilines is 2. The molecule has 2 fully saturated rings. The van der Waals surface area contributed by atoms with Gasteiger partial charge in [0.05, 0.1) is 6.54 Å². The molecule has 0 radical (unpaired) electrons. The molecule has 11 nitrogen and oxygen atoms in total. The van der Waals surface area contributed by atoms with Gasteiger partial charge in [-0.1, -0.05) is 0 Å². The maximum absolute atomic E-state index is 13.3. The van der Waals surface area contributed by atoms with Gasteiger partial charge in [-0.15, -0.1) is 5.10 Å². The van der Waals surface area contributed by atoms with Gasteiger partial charge in [0.15, 0.2) is 5.76 Å². The molecule has 3 aromatic rings. The number of furan rings is 1. The van der Waals surface area contributed by atoms with Crippen LogP contribution in [0.3, 0.4) is 0 Å². The minimum absolute atomic E-state index is 0.0405. The van der Waals surface area contributed by atoms with E-state index in [-0.39, 0.29) is 49.8 Å². The predicted molar refractivity (Wildman–Crippen MR) is 115 cm³/mol. The molecule has 0 bridgehead atoms. The van der Waals surface area contributed by atoms with Crippen molar-refractivity contribution in [1.82, 2.24) is 34.4 Å². The van der Waals surface area contributed by atoms with Crippen LogP contribution in [0.25, 0.3) is 17.4 Å². The third kappa shape index (κ3) is 4.35. The van der Waals surface area contributed by atoms with E-state index in [1.54, 1.807) is 28.9 Å². The topological polar surface area (TPSA) is 122 Å². The van der Waals surface area contributed by atoms with Gasteiger partial charge in [-0.2, -0.15) is 28.2 Å². The first kappa shape index (κ1) is 23.3. The van der Waals surface area contributed by atoms with Crippen molar-refractivity contribution in [3.63, 3.8) is 0 Å². The second kappa shape index (κ2) is 8.62. The number of aryl methyl sites for hydroxylation is 1. The SMILES string of the molecule is Cc1ccc(-c2nc3nc(N4CC[C@H]4C(=O)N4CCN(CC(F)(F)C(F)F)CC4)nc(N)n3n2)o1. The van der Waals surface area contributed by atoms with Gasteiger partial charge in [-0.25, -0.2) is 8.78 Å². The summed E-state index contributed by atoms with van der Waals surface area (Å²) in [5.41, 5.74) is 6.06. The van der Waals surface area contributed by atoms with E-state index in [9.17, 15) is 22.4 Å². The molecule has 188 valence electrons. The van der Waals surface area contributed by atoms with Crippen LogP contribution in [-0.4, -0.2) is 97.9 Å². The molecule has 0 aromatic carbocycles. The van der Waals surface area contributed by atoms with E-state index in [4.69, 9.17) is 10.2 Å². The summed E-state index contributed by atoms with van der Waals surface area (Å²) in [6, 6.07) is 2.97. The smallest absolute Gasteiger partial charge is 0.319 e. The molecule has 35 heavy (non-hydrogen) atoms. The summed E-state index contributed by atoms with van der Waals surface area (Å²) >= 11 is 0. The van der Waals surface area contributed by atoms with Gasteiger partial charge in [0.2, 0.25) is 23.6 Å². The zero-order chi connectivity index (χ0) is 24.9. The minimum atomic E-state index is -4.08. The Balaban J connectivity index is 1.26. The number of nitrogen functional groups attached to an aromatic ring is 1. The van der Waals surface area contributed by atoms with Crippen LogP contribution in [0.2, 0.25) is 0 Å². The number of hydrogen-bond donors (Lipinski definition) is 1. The Kier molecular flexibility index (Phi) is 5.73. The maximum atomic E-state index is 13.3. The molecule has 5 heterocycles. The zero-order valence-electron chi connectivity index (χ0n) is 18.7. The average Bonchev–Trinajstić information content (AvgIpc) is 3.39. The van der Waals surface area contributed by atoms with Crippen LogP contribution < -0.4 is 10.6 Å². The van der Waals surface area contributed by atoms with Gasteiger partial charge in [-0.3, -0.25) is 9.69 Å². The number of aromatic nitrogens is 5. The van der Waals surface area contributed by atoms with Gasteiger partial charge in [-0.05, 0) is 25.5 Å². The van der Waals surface area contributed by atoms with Crippen molar-refractivity contribution in [3.8, 4) is 11.6 Å². The van der Waals surface area contributed by atoms with E-state index in [2.05, 4.69) is 20.1 Å². The quantitative estimate of drug-likeness (QED) is 0.502. The number of alkyl halides is 4. The Labute approximate surface area is 196 Å². The summed E-state index contributed by atoms with van der Waals surface area (Å²) in [6.45, 7) is 1.79. The Morgan fingerprint density at radius 3 is 2.51 bits per heavy atom. The summed E-state index contributed by atoms with van der Waals surface area (Å²) in [7, 11) is 0. The molecule has 0 unspecified atom stereocenters. The number of carbonyl (C=O) groups is 1. The normalized spacial score (nSPS) is 19.5. The number of carbonyl (C=O) groups excluding carboxylic acids is 1. The van der Waals surface area contributed by atoms with Crippen LogP contribution in [0, 0.1) is 6.92 Å². The van der Waals surface area contributed by atoms with Gasteiger partial charge in [0, 0.05) is 32.7 Å². The minimum Gasteiger partial charge on any atom is -0.458 e. The van der Waals surface area contributed by atoms with E-state index in [0.717, 1.165) is 0 Å². The molecule has 2 aliphatic heterocycles. The number of halogens is 4. The lowest BCUT2D eigenvalue weighted by atomic mass is 10.0. The molecule has 5 rings (SSSR count). The number of nitrogens with two attached hydrogens (primary N) is 1. The number of amides is 1. The molecule has 3 aromatic heterocycles. The van der Waals surface area contributed by atoms with Crippen molar-refractivity contribution >= 4 is 23.6 Å². The van der Waals surface area contributed by atoms with Crippen LogP contribution in [0.1, 0.15) is 12.2 Å². The van der Waals surface area contributed by atoms with Crippen LogP contribution in [0.5, 0.6) is 0 Å². The molecule has 0 spiro atoms. The van der Waals surface area contributed by atoms with Gasteiger partial charge in [0.25, 0.3) is 5.78 Å². The number of fused-ring (bicyclic) bond motifs is 1. The highest BCUT2D eigenvalue weighted by Gasteiger charge is 2.44. The van der Waals surface area contributed by atoms with Crippen LogP contribution in [-0.2, 0) is 4.79 Å². The van der Waals surface area contributed by atoms with Crippen LogP contribution >= 0.6 is 0 Å². The van der Waals surface area contributed by atoms with Crippen molar-refractivity contribution < 1.29 is 26.8 Å². The van der Waals surface area contributed by atoms with Crippen molar-refractivity contribution in [3.05, 3.63) is 17.9 Å². The van der Waals surface area contributed by atoms with E-state index in [1.807, 2.05) is 0 Å². The Hall–Kier alpha value is -3.49. The lowest BCUT2D eigenvalue weighted by Crippen LogP contribution is -2.61. The summed E-state index contributed by atoms with van der Waals surface area (Å²) in [5, 5.41) is 4.27. The van der Waals surface area contributed by atoms with Gasteiger partial charge >= 0.3 is 12.3 Å². The second-order valence-electron chi connectivity index (χ2n) is 8.60. The molecule has 0 aliphatic carbocycles. The second-order valence-corrected chi connectivity index (χ2v) is 8.60. The van der Waals surface area contributed by atoms with Crippen molar-refractivity contribution in [2.75, 3.05) is 49.9 Å². The third-order valence-corrected chi connectivity index (χ3v) is 6.18. The molecule has 2 aliphatic rings. The van der Waals surface area contributed by atoms with Gasteiger partial charge < -0.3 is 20.0 Å². The highest BCUT2D eigenvalue weighted by Crippen LogP contribution is 2.28. The summed E-state index contributed by atoms with van der Waals surface area (Å²) < 4.78 is 58.4. The summed E-state index contributed by atoms with van der Waals surface area (Å²) in [4.78, 5) is 30.6. The molecule has 2 saturated heterocycles. The number of piperazine rings is 1. The third-order valence-electron chi connectivity index (χ3n) is 6.18. The van der Waals surface area contributed by atoms with Crippen molar-refractivity contribution in [2.24, 2.45) is 0 Å². The molecular weight excluding hydrogens is 474 g/mol. The molecule has 2 N–H and O–H groups in total. The predicted octanol–water partition coefficient (Wildman–Crippen LogP) is 1.29.